The first-order chi connectivity index (χ1) is 12.4. The first-order valence-electron chi connectivity index (χ1n) is 7.28. The Bertz CT molecular complexity index is 712. The fourth-order valence-electron chi connectivity index (χ4n) is 1.86. The van der Waals surface area contributed by atoms with Gasteiger partial charge in [0.15, 0.2) is 0 Å². The van der Waals surface area contributed by atoms with E-state index in [4.69, 9.17) is 5.11 Å². The number of hydrogen-bond acceptors (Lipinski definition) is 5. The highest BCUT2D eigenvalue weighted by Gasteiger charge is 2.08. The first kappa shape index (κ1) is 22.8. The van der Waals surface area contributed by atoms with Gasteiger partial charge < -0.3 is 14.6 Å². The summed E-state index contributed by atoms with van der Waals surface area (Å²) in [4.78, 5) is 22.2. The molecule has 0 atom stereocenters. The van der Waals surface area contributed by atoms with Crippen LogP contribution in [-0.2, 0) is 21.4 Å². The fraction of sp³-hybridized carbons (Fsp3) is 0.222. The molecule has 1 N–H and O–H groups in total. The van der Waals surface area contributed by atoms with E-state index >= 15 is 0 Å². The van der Waals surface area contributed by atoms with Crippen molar-refractivity contribution in [1.82, 2.24) is 0 Å². The van der Waals surface area contributed by atoms with Crippen LogP contribution in [0, 0.1) is 0 Å². The normalized spacial score (nSPS) is 9.77. The Kier molecular flexibility index (Phi) is 10.1. The highest BCUT2D eigenvalue weighted by Crippen LogP contribution is 2.21. The topological polar surface area (TPSA) is 72.8 Å². The maximum absolute atomic E-state index is 11.1. The number of hydrogen-bond donors (Lipinski definition) is 1. The van der Waals surface area contributed by atoms with Gasteiger partial charge in [0, 0.05) is 14.3 Å². The molecule has 0 aliphatic rings. The molecule has 0 bridgehead atoms. The van der Waals surface area contributed by atoms with Gasteiger partial charge in [0.1, 0.15) is 0 Å². The molecule has 0 saturated carbocycles. The van der Waals surface area contributed by atoms with Gasteiger partial charge in [0.05, 0.1) is 32.0 Å². The Labute approximate surface area is 177 Å². The molecule has 8 heteroatoms. The molecular formula is C18H17Br3O5. The minimum absolute atomic E-state index is 0.106. The molecule has 26 heavy (non-hydrogen) atoms. The predicted molar refractivity (Wildman–Crippen MR) is 110 cm³/mol. The van der Waals surface area contributed by atoms with Crippen molar-refractivity contribution >= 4 is 59.7 Å². The number of benzene rings is 2. The molecule has 0 spiro atoms. The quantitative estimate of drug-likeness (QED) is 0.433. The molecule has 140 valence electrons. The lowest BCUT2D eigenvalue weighted by Gasteiger charge is -2.03. The van der Waals surface area contributed by atoms with Crippen molar-refractivity contribution in [3.63, 3.8) is 0 Å². The van der Waals surface area contributed by atoms with Gasteiger partial charge in [-0.1, -0.05) is 47.8 Å². The van der Waals surface area contributed by atoms with Gasteiger partial charge in [-0.3, -0.25) is 0 Å². The average molecular weight is 553 g/mol. The highest BCUT2D eigenvalue weighted by molar-refractivity contribution is 9.11. The van der Waals surface area contributed by atoms with Gasteiger partial charge in [0.25, 0.3) is 0 Å². The monoisotopic (exact) mass is 550 g/mol. The zero-order chi connectivity index (χ0) is 19.7. The number of carbonyl (C=O) groups is 2. The van der Waals surface area contributed by atoms with E-state index in [9.17, 15) is 9.59 Å². The third kappa shape index (κ3) is 6.50. The summed E-state index contributed by atoms with van der Waals surface area (Å²) in [6, 6.07) is 10.3. The van der Waals surface area contributed by atoms with Crippen LogP contribution >= 0.6 is 47.8 Å². The van der Waals surface area contributed by atoms with Crippen molar-refractivity contribution < 1.29 is 24.2 Å². The number of ether oxygens (including phenoxy) is 2. The maximum Gasteiger partial charge on any atom is 0.337 e. The number of halogens is 3. The van der Waals surface area contributed by atoms with Crippen molar-refractivity contribution in [1.29, 1.82) is 0 Å². The molecule has 2 aromatic carbocycles. The predicted octanol–water partition coefficient (Wildman–Crippen LogP) is 4.86. The van der Waals surface area contributed by atoms with E-state index in [0.29, 0.717) is 22.0 Å². The molecule has 2 aromatic rings. The number of alkyl halides is 1. The van der Waals surface area contributed by atoms with Crippen LogP contribution in [0.4, 0.5) is 0 Å². The van der Waals surface area contributed by atoms with E-state index in [0.717, 1.165) is 14.5 Å². The lowest BCUT2D eigenvalue weighted by atomic mass is 10.1. The molecular weight excluding hydrogens is 536 g/mol. The van der Waals surface area contributed by atoms with E-state index in [2.05, 4.69) is 57.3 Å². The summed E-state index contributed by atoms with van der Waals surface area (Å²) in [5, 5.41) is 9.62. The summed E-state index contributed by atoms with van der Waals surface area (Å²) in [5.74, 6) is -0.711. The van der Waals surface area contributed by atoms with Gasteiger partial charge in [-0.25, -0.2) is 9.59 Å². The molecule has 0 aromatic heterocycles. The molecule has 0 aliphatic heterocycles. The van der Waals surface area contributed by atoms with Crippen molar-refractivity contribution in [3.8, 4) is 0 Å². The van der Waals surface area contributed by atoms with Gasteiger partial charge in [-0.2, -0.15) is 0 Å². The standard InChI is InChI=1S/C9H8Br2O2.C9H9BrO3/c1-13-9(12)6-2-3-8(11)7(4-6)5-10;1-13-9(12)6-2-3-8(10)7(4-6)5-11/h2-4H,5H2,1H3;2-4,11H,5H2,1H3. The van der Waals surface area contributed by atoms with Gasteiger partial charge in [-0.15, -0.1) is 0 Å². The van der Waals surface area contributed by atoms with Crippen LogP contribution in [0.3, 0.4) is 0 Å². The smallest absolute Gasteiger partial charge is 0.337 e. The van der Waals surface area contributed by atoms with Crippen LogP contribution in [0.2, 0.25) is 0 Å². The summed E-state index contributed by atoms with van der Waals surface area (Å²) in [6.45, 7) is -0.106. The van der Waals surface area contributed by atoms with E-state index in [-0.39, 0.29) is 12.6 Å². The molecule has 0 saturated heterocycles. The lowest BCUT2D eigenvalue weighted by molar-refractivity contribution is 0.0591. The summed E-state index contributed by atoms with van der Waals surface area (Å²) < 4.78 is 10.9. The molecule has 0 radical (unpaired) electrons. The summed E-state index contributed by atoms with van der Waals surface area (Å²) in [7, 11) is 2.70. The zero-order valence-corrected chi connectivity index (χ0v) is 18.9. The fourth-order valence-corrected chi connectivity index (χ4v) is 3.46. The summed E-state index contributed by atoms with van der Waals surface area (Å²) in [6.07, 6.45) is 0. The van der Waals surface area contributed by atoms with Crippen molar-refractivity contribution in [3.05, 3.63) is 67.6 Å². The minimum Gasteiger partial charge on any atom is -0.465 e. The van der Waals surface area contributed by atoms with Crippen LogP contribution in [0.5, 0.6) is 0 Å². The number of aliphatic hydroxyl groups is 1. The van der Waals surface area contributed by atoms with Gasteiger partial charge in [-0.05, 0) is 47.5 Å². The first-order valence-corrected chi connectivity index (χ1v) is 9.99. The van der Waals surface area contributed by atoms with Crippen LogP contribution in [-0.4, -0.2) is 31.3 Å². The molecule has 5 nitrogen and oxygen atoms in total. The number of esters is 2. The van der Waals surface area contributed by atoms with E-state index in [1.807, 2.05) is 6.07 Å². The summed E-state index contributed by atoms with van der Waals surface area (Å²) in [5.41, 5.74) is 2.71. The Hall–Kier alpha value is -1.22. The Balaban J connectivity index is 0.000000260. The van der Waals surface area contributed by atoms with Crippen LogP contribution in [0.15, 0.2) is 45.3 Å². The number of aliphatic hydroxyl groups excluding tert-OH is 1. The zero-order valence-electron chi connectivity index (χ0n) is 14.1. The number of methoxy groups -OCH3 is 2. The Morgan fingerprint density at radius 1 is 0.885 bits per heavy atom. The Morgan fingerprint density at radius 2 is 1.31 bits per heavy atom. The van der Waals surface area contributed by atoms with E-state index in [1.54, 1.807) is 30.3 Å². The van der Waals surface area contributed by atoms with Crippen LogP contribution < -0.4 is 0 Å². The molecule has 0 aliphatic carbocycles. The average Bonchev–Trinajstić information content (AvgIpc) is 2.68. The SMILES string of the molecule is COC(=O)c1ccc(Br)c(CBr)c1.COC(=O)c1ccc(Br)c(CO)c1. The summed E-state index contributed by atoms with van der Waals surface area (Å²) >= 11 is 9.96. The van der Waals surface area contributed by atoms with E-state index < -0.39 is 5.97 Å². The molecule has 2 rings (SSSR count). The van der Waals surface area contributed by atoms with Crippen LogP contribution in [0.25, 0.3) is 0 Å². The van der Waals surface area contributed by atoms with Crippen molar-refractivity contribution in [2.45, 2.75) is 11.9 Å². The molecule has 0 unspecified atom stereocenters. The van der Waals surface area contributed by atoms with Gasteiger partial charge >= 0.3 is 11.9 Å². The highest BCUT2D eigenvalue weighted by atomic mass is 79.9. The van der Waals surface area contributed by atoms with Crippen molar-refractivity contribution in [2.75, 3.05) is 14.2 Å². The molecule has 0 fully saturated rings. The largest absolute Gasteiger partial charge is 0.465 e. The second-order valence-electron chi connectivity index (χ2n) is 4.89. The molecule has 0 heterocycles. The lowest BCUT2D eigenvalue weighted by Crippen LogP contribution is -2.02. The van der Waals surface area contributed by atoms with Crippen molar-refractivity contribution in [2.24, 2.45) is 0 Å². The van der Waals surface area contributed by atoms with Crippen LogP contribution in [0.1, 0.15) is 31.8 Å². The molecule has 0 amide bonds. The minimum atomic E-state index is -0.401. The van der Waals surface area contributed by atoms with E-state index in [1.165, 1.54) is 14.2 Å². The second-order valence-corrected chi connectivity index (χ2v) is 7.16. The second kappa shape index (κ2) is 11.5. The third-order valence-corrected chi connectivity index (χ3v) is 5.40. The number of rotatable bonds is 4. The Morgan fingerprint density at radius 3 is 1.69 bits per heavy atom. The number of carbonyl (C=O) groups excluding carboxylic acids is 2. The van der Waals surface area contributed by atoms with Gasteiger partial charge in [0.2, 0.25) is 0 Å². The maximum atomic E-state index is 11.1. The third-order valence-electron chi connectivity index (χ3n) is 3.25.